The van der Waals surface area contributed by atoms with Gasteiger partial charge in [0.2, 0.25) is 0 Å². The van der Waals surface area contributed by atoms with E-state index in [9.17, 15) is 8.42 Å². The van der Waals surface area contributed by atoms with Gasteiger partial charge in [-0.15, -0.1) is 4.83 Å². The quantitative estimate of drug-likeness (QED) is 0.547. The van der Waals surface area contributed by atoms with Crippen molar-refractivity contribution in [1.82, 2.24) is 19.7 Å². The smallest absolute Gasteiger partial charge is 0.254 e. The fraction of sp³-hybridized carbons (Fsp3) is 0.667. The molecule has 0 bridgehead atoms. The van der Waals surface area contributed by atoms with Gasteiger partial charge in [-0.2, -0.15) is 0 Å². The third-order valence-corrected chi connectivity index (χ3v) is 4.10. The first-order valence-electron chi connectivity index (χ1n) is 6.50. The van der Waals surface area contributed by atoms with Gasteiger partial charge in [-0.1, -0.05) is 6.92 Å². The maximum atomic E-state index is 12.1. The predicted molar refractivity (Wildman–Crippen MR) is 76.1 cm³/mol. The molecule has 0 spiro atoms. The van der Waals surface area contributed by atoms with E-state index in [0.29, 0.717) is 11.4 Å². The van der Waals surface area contributed by atoms with Gasteiger partial charge >= 0.3 is 0 Å². The van der Waals surface area contributed by atoms with E-state index in [1.165, 1.54) is 5.01 Å². The highest BCUT2D eigenvalue weighted by Crippen LogP contribution is 2.14. The van der Waals surface area contributed by atoms with Gasteiger partial charge in [0.25, 0.3) is 10.0 Å². The van der Waals surface area contributed by atoms with Gasteiger partial charge in [0.1, 0.15) is 4.90 Å². The number of hydrogen-bond donors (Lipinski definition) is 2. The summed E-state index contributed by atoms with van der Waals surface area (Å²) < 4.78 is 26.1. The van der Waals surface area contributed by atoms with Crippen molar-refractivity contribution in [3.63, 3.8) is 0 Å². The van der Waals surface area contributed by atoms with Crippen LogP contribution in [0.2, 0.25) is 0 Å². The summed E-state index contributed by atoms with van der Waals surface area (Å²) >= 11 is 0. The Morgan fingerprint density at radius 2 is 2.00 bits per heavy atom. The maximum Gasteiger partial charge on any atom is 0.254 e. The molecule has 0 aliphatic rings. The van der Waals surface area contributed by atoms with Crippen molar-refractivity contribution in [3.8, 4) is 0 Å². The zero-order valence-corrected chi connectivity index (χ0v) is 12.9. The predicted octanol–water partition coefficient (Wildman–Crippen LogP) is 0.763. The van der Waals surface area contributed by atoms with Crippen LogP contribution in [0.25, 0.3) is 0 Å². The summed E-state index contributed by atoms with van der Waals surface area (Å²) in [7, 11) is -0.173. The fourth-order valence-corrected chi connectivity index (χ4v) is 2.94. The number of hydrazine groups is 1. The van der Waals surface area contributed by atoms with Crippen LogP contribution in [-0.2, 0) is 23.1 Å². The van der Waals surface area contributed by atoms with Crippen molar-refractivity contribution in [2.24, 2.45) is 0 Å². The molecule has 0 radical (unpaired) electrons. The molecule has 0 saturated carbocycles. The number of aryl methyl sites for hydroxylation is 1. The van der Waals surface area contributed by atoms with Gasteiger partial charge < -0.3 is 9.88 Å². The topological polar surface area (TPSA) is 66.4 Å². The molecular weight excluding hydrogens is 264 g/mol. The molecule has 0 atom stereocenters. The van der Waals surface area contributed by atoms with E-state index in [0.717, 1.165) is 25.2 Å². The normalized spacial score (nSPS) is 12.3. The monoisotopic (exact) mass is 288 g/mol. The van der Waals surface area contributed by atoms with E-state index in [4.69, 9.17) is 0 Å². The molecule has 0 saturated heterocycles. The standard InChI is InChI=1S/C12H24N4O2S/c1-5-7-13-9-11-8-12(10-16(11)6-2)19(17,18)14-15(3)4/h8,10,13-14H,5-7,9H2,1-4H3. The number of sulfonamides is 1. The lowest BCUT2D eigenvalue weighted by Gasteiger charge is -2.10. The van der Waals surface area contributed by atoms with Crippen molar-refractivity contribution in [3.05, 3.63) is 18.0 Å². The highest BCUT2D eigenvalue weighted by molar-refractivity contribution is 7.89. The van der Waals surface area contributed by atoms with E-state index in [2.05, 4.69) is 17.1 Å². The molecule has 6 nitrogen and oxygen atoms in total. The summed E-state index contributed by atoms with van der Waals surface area (Å²) in [5.41, 5.74) is 0.982. The molecule has 0 amide bonds. The molecule has 0 aromatic carbocycles. The van der Waals surface area contributed by atoms with E-state index >= 15 is 0 Å². The van der Waals surface area contributed by atoms with Crippen LogP contribution in [0.1, 0.15) is 26.0 Å². The number of nitrogens with one attached hydrogen (secondary N) is 2. The van der Waals surface area contributed by atoms with Crippen molar-refractivity contribution in [2.75, 3.05) is 20.6 Å². The Morgan fingerprint density at radius 1 is 1.32 bits per heavy atom. The van der Waals surface area contributed by atoms with Crippen LogP contribution in [0.3, 0.4) is 0 Å². The zero-order valence-electron chi connectivity index (χ0n) is 12.1. The van der Waals surface area contributed by atoms with Gasteiger partial charge in [-0.05, 0) is 26.0 Å². The summed E-state index contributed by atoms with van der Waals surface area (Å²) in [4.78, 5) is 2.74. The van der Waals surface area contributed by atoms with E-state index in [1.807, 2.05) is 11.5 Å². The first-order valence-corrected chi connectivity index (χ1v) is 7.98. The second-order valence-electron chi connectivity index (χ2n) is 4.62. The van der Waals surface area contributed by atoms with Gasteiger partial charge in [-0.25, -0.2) is 13.4 Å². The lowest BCUT2D eigenvalue weighted by molar-refractivity contribution is 0.364. The van der Waals surface area contributed by atoms with Crippen molar-refractivity contribution in [1.29, 1.82) is 0 Å². The Balaban J connectivity index is 2.92. The molecular formula is C12H24N4O2S. The highest BCUT2D eigenvalue weighted by atomic mass is 32.2. The minimum Gasteiger partial charge on any atom is -0.349 e. The third-order valence-electron chi connectivity index (χ3n) is 2.65. The first kappa shape index (κ1) is 16.2. The fourth-order valence-electron chi connectivity index (χ4n) is 1.80. The number of hydrogen-bond acceptors (Lipinski definition) is 4. The summed E-state index contributed by atoms with van der Waals surface area (Å²) in [5.74, 6) is 0. The Morgan fingerprint density at radius 3 is 2.53 bits per heavy atom. The number of nitrogens with zero attached hydrogens (tertiary/aromatic N) is 2. The molecule has 19 heavy (non-hydrogen) atoms. The van der Waals surface area contributed by atoms with E-state index in [1.54, 1.807) is 26.4 Å². The van der Waals surface area contributed by atoms with Crippen LogP contribution in [0.4, 0.5) is 0 Å². The molecule has 1 rings (SSSR count). The lowest BCUT2D eigenvalue weighted by Crippen LogP contribution is -2.35. The van der Waals surface area contributed by atoms with Crippen LogP contribution in [0.5, 0.6) is 0 Å². The van der Waals surface area contributed by atoms with Crippen LogP contribution >= 0.6 is 0 Å². The van der Waals surface area contributed by atoms with Crippen LogP contribution < -0.4 is 10.1 Å². The number of rotatable bonds is 8. The Kier molecular flexibility index (Phi) is 5.99. The minimum atomic E-state index is -3.47. The molecule has 1 heterocycles. The molecule has 0 aliphatic heterocycles. The lowest BCUT2D eigenvalue weighted by atomic mass is 10.4. The van der Waals surface area contributed by atoms with Crippen LogP contribution in [-0.4, -0.2) is 38.6 Å². The average molecular weight is 288 g/mol. The van der Waals surface area contributed by atoms with Gasteiger partial charge in [0, 0.05) is 39.1 Å². The second kappa shape index (κ2) is 7.04. The van der Waals surface area contributed by atoms with Crippen LogP contribution in [0.15, 0.2) is 17.2 Å². The van der Waals surface area contributed by atoms with Gasteiger partial charge in [0.15, 0.2) is 0 Å². The Bertz CT molecular complexity index is 494. The largest absolute Gasteiger partial charge is 0.349 e. The summed E-state index contributed by atoms with van der Waals surface area (Å²) in [6.07, 6.45) is 2.73. The zero-order chi connectivity index (χ0) is 14.5. The first-order chi connectivity index (χ1) is 8.90. The summed E-state index contributed by atoms with van der Waals surface area (Å²) in [6.45, 7) is 6.45. The van der Waals surface area contributed by atoms with E-state index in [-0.39, 0.29) is 0 Å². The molecule has 1 aromatic rings. The summed E-state index contributed by atoms with van der Waals surface area (Å²) in [5, 5.41) is 4.71. The molecule has 1 aromatic heterocycles. The molecule has 2 N–H and O–H groups in total. The Labute approximate surface area is 115 Å². The Hall–Kier alpha value is -0.890. The second-order valence-corrected chi connectivity index (χ2v) is 6.28. The maximum absolute atomic E-state index is 12.1. The van der Waals surface area contributed by atoms with Crippen molar-refractivity contribution < 1.29 is 8.42 Å². The number of aromatic nitrogens is 1. The van der Waals surface area contributed by atoms with Crippen molar-refractivity contribution >= 4 is 10.0 Å². The van der Waals surface area contributed by atoms with Gasteiger partial charge in [0.05, 0.1) is 0 Å². The van der Waals surface area contributed by atoms with E-state index < -0.39 is 10.0 Å². The van der Waals surface area contributed by atoms with Crippen LogP contribution in [0, 0.1) is 0 Å². The molecule has 0 aliphatic carbocycles. The summed E-state index contributed by atoms with van der Waals surface area (Å²) in [6, 6.07) is 1.72. The van der Waals surface area contributed by atoms with Gasteiger partial charge in [-0.3, -0.25) is 0 Å². The SMILES string of the molecule is CCCNCc1cc(S(=O)(=O)NN(C)C)cn1CC. The van der Waals surface area contributed by atoms with Crippen molar-refractivity contribution in [2.45, 2.75) is 38.3 Å². The average Bonchev–Trinajstić information content (AvgIpc) is 2.72. The molecule has 0 unspecified atom stereocenters. The molecule has 110 valence electrons. The molecule has 7 heteroatoms. The third kappa shape index (κ3) is 4.61. The minimum absolute atomic E-state index is 0.302. The molecule has 0 fully saturated rings. The highest BCUT2D eigenvalue weighted by Gasteiger charge is 2.18.